The summed E-state index contributed by atoms with van der Waals surface area (Å²) in [4.78, 5) is 0. The van der Waals surface area contributed by atoms with Gasteiger partial charge in [0.2, 0.25) is 0 Å². The van der Waals surface area contributed by atoms with Crippen LogP contribution in [-0.4, -0.2) is 103 Å². The number of aliphatic hydroxyl groups excluding tert-OH is 4. The SMILES string of the molecule is CNC1[C@H](O[C@@H]2C(CO)O[C@@H](OC)C(N)C2O)OC(CO)[C@@H](C)[C@@H]1O. The summed E-state index contributed by atoms with van der Waals surface area (Å²) in [6.07, 6.45) is -6.37. The Hall–Kier alpha value is -0.400. The third-order valence-electron chi connectivity index (χ3n) is 5.03. The van der Waals surface area contributed by atoms with Crippen LogP contribution in [0.3, 0.4) is 0 Å². The Morgan fingerprint density at radius 3 is 2.16 bits per heavy atom. The minimum Gasteiger partial charge on any atom is -0.394 e. The fraction of sp³-hybridized carbons (Fsp3) is 1.00. The second-order valence-corrected chi connectivity index (χ2v) is 6.52. The van der Waals surface area contributed by atoms with E-state index in [9.17, 15) is 20.4 Å². The van der Waals surface area contributed by atoms with E-state index in [-0.39, 0.29) is 12.5 Å². The van der Waals surface area contributed by atoms with E-state index in [1.165, 1.54) is 7.11 Å². The second kappa shape index (κ2) is 9.00. The third kappa shape index (κ3) is 4.14. The summed E-state index contributed by atoms with van der Waals surface area (Å²) in [5, 5.41) is 42.8. The van der Waals surface area contributed by atoms with Crippen molar-refractivity contribution in [1.29, 1.82) is 0 Å². The lowest BCUT2D eigenvalue weighted by molar-refractivity contribution is -0.323. The molecule has 2 aliphatic heterocycles. The number of hydrogen-bond donors (Lipinski definition) is 6. The zero-order valence-electron chi connectivity index (χ0n) is 14.7. The summed E-state index contributed by atoms with van der Waals surface area (Å²) in [6, 6.07) is -1.48. The number of likely N-dealkylation sites (N-methyl/N-ethyl adjacent to an activating group) is 1. The van der Waals surface area contributed by atoms with Gasteiger partial charge in [0.25, 0.3) is 0 Å². The summed E-state index contributed by atoms with van der Waals surface area (Å²) in [7, 11) is 3.03. The van der Waals surface area contributed by atoms with Gasteiger partial charge in [0, 0.05) is 13.0 Å². The average molecular weight is 366 g/mol. The zero-order valence-corrected chi connectivity index (χ0v) is 14.7. The maximum absolute atomic E-state index is 10.5. The van der Waals surface area contributed by atoms with Gasteiger partial charge < -0.3 is 50.4 Å². The van der Waals surface area contributed by atoms with Crippen molar-refractivity contribution in [3.05, 3.63) is 0 Å². The Bertz CT molecular complexity index is 415. The number of methoxy groups -OCH3 is 1. The van der Waals surface area contributed by atoms with E-state index in [0.717, 1.165) is 0 Å². The Morgan fingerprint density at radius 2 is 1.64 bits per heavy atom. The van der Waals surface area contributed by atoms with E-state index in [1.807, 2.05) is 0 Å². The molecule has 2 fully saturated rings. The van der Waals surface area contributed by atoms with Crippen LogP contribution >= 0.6 is 0 Å². The van der Waals surface area contributed by atoms with Gasteiger partial charge in [-0.15, -0.1) is 0 Å². The first-order valence-electron chi connectivity index (χ1n) is 8.39. The van der Waals surface area contributed by atoms with Crippen molar-refractivity contribution in [2.24, 2.45) is 11.7 Å². The molecular formula is C15H30N2O8. The Labute approximate surface area is 146 Å². The van der Waals surface area contributed by atoms with Crippen LogP contribution < -0.4 is 11.1 Å². The molecule has 10 nitrogen and oxygen atoms in total. The molecule has 0 aromatic rings. The molecule has 7 N–H and O–H groups in total. The first-order chi connectivity index (χ1) is 11.9. The summed E-state index contributed by atoms with van der Waals surface area (Å²) < 4.78 is 22.2. The van der Waals surface area contributed by atoms with Crippen LogP contribution in [0.2, 0.25) is 0 Å². The Balaban J connectivity index is 2.16. The van der Waals surface area contributed by atoms with Gasteiger partial charge in [0.15, 0.2) is 12.6 Å². The van der Waals surface area contributed by atoms with E-state index in [1.54, 1.807) is 14.0 Å². The third-order valence-corrected chi connectivity index (χ3v) is 5.03. The molecule has 0 saturated carbocycles. The molecule has 148 valence electrons. The molecule has 2 saturated heterocycles. The quantitative estimate of drug-likeness (QED) is 0.282. The summed E-state index contributed by atoms with van der Waals surface area (Å²) in [6.45, 7) is 1.06. The molecular weight excluding hydrogens is 336 g/mol. The molecule has 10 heteroatoms. The molecule has 0 aromatic heterocycles. The average Bonchev–Trinajstić information content (AvgIpc) is 2.62. The molecule has 2 aliphatic rings. The van der Waals surface area contributed by atoms with E-state index in [0.29, 0.717) is 0 Å². The van der Waals surface area contributed by atoms with Crippen LogP contribution in [-0.2, 0) is 18.9 Å². The van der Waals surface area contributed by atoms with Crippen LogP contribution in [0.25, 0.3) is 0 Å². The summed E-state index contributed by atoms with van der Waals surface area (Å²) in [5.74, 6) is -0.316. The fourth-order valence-corrected chi connectivity index (χ4v) is 3.34. The smallest absolute Gasteiger partial charge is 0.176 e. The minimum absolute atomic E-state index is 0.285. The van der Waals surface area contributed by atoms with Gasteiger partial charge in [-0.3, -0.25) is 0 Å². The monoisotopic (exact) mass is 366 g/mol. The highest BCUT2D eigenvalue weighted by Crippen LogP contribution is 2.30. The lowest BCUT2D eigenvalue weighted by Gasteiger charge is -2.47. The highest BCUT2D eigenvalue weighted by atomic mass is 16.7. The highest BCUT2D eigenvalue weighted by molar-refractivity contribution is 4.96. The number of hydrogen-bond acceptors (Lipinski definition) is 10. The highest BCUT2D eigenvalue weighted by Gasteiger charge is 2.49. The molecule has 0 aromatic carbocycles. The number of ether oxygens (including phenoxy) is 4. The van der Waals surface area contributed by atoms with Crippen molar-refractivity contribution in [3.8, 4) is 0 Å². The maximum atomic E-state index is 10.5. The number of nitrogens with one attached hydrogen (secondary N) is 1. The van der Waals surface area contributed by atoms with Gasteiger partial charge >= 0.3 is 0 Å². The molecule has 0 aliphatic carbocycles. The van der Waals surface area contributed by atoms with Gasteiger partial charge in [-0.05, 0) is 7.05 Å². The van der Waals surface area contributed by atoms with E-state index < -0.39 is 61.8 Å². The second-order valence-electron chi connectivity index (χ2n) is 6.52. The van der Waals surface area contributed by atoms with Gasteiger partial charge in [0.1, 0.15) is 18.3 Å². The molecule has 5 unspecified atom stereocenters. The first kappa shape index (κ1) is 20.9. The van der Waals surface area contributed by atoms with Crippen molar-refractivity contribution >= 4 is 0 Å². The van der Waals surface area contributed by atoms with Gasteiger partial charge in [0.05, 0.1) is 37.5 Å². The van der Waals surface area contributed by atoms with Crippen LogP contribution in [0.15, 0.2) is 0 Å². The van der Waals surface area contributed by atoms with E-state index in [4.69, 9.17) is 24.7 Å². The normalized spacial score (nSPS) is 48.5. The van der Waals surface area contributed by atoms with Crippen molar-refractivity contribution in [1.82, 2.24) is 5.32 Å². The predicted octanol–water partition coefficient (Wildman–Crippen LogP) is -3.27. The molecule has 0 amide bonds. The minimum atomic E-state index is -1.18. The summed E-state index contributed by atoms with van der Waals surface area (Å²) in [5.41, 5.74) is 5.91. The zero-order chi connectivity index (χ0) is 18.7. The van der Waals surface area contributed by atoms with Crippen LogP contribution in [0.5, 0.6) is 0 Å². The molecule has 0 spiro atoms. The predicted molar refractivity (Wildman–Crippen MR) is 85.4 cm³/mol. The molecule has 2 rings (SSSR count). The first-order valence-corrected chi connectivity index (χ1v) is 8.39. The summed E-state index contributed by atoms with van der Waals surface area (Å²) >= 11 is 0. The topological polar surface area (TPSA) is 156 Å². The van der Waals surface area contributed by atoms with Crippen LogP contribution in [0.1, 0.15) is 6.92 Å². The maximum Gasteiger partial charge on any atom is 0.176 e. The fourth-order valence-electron chi connectivity index (χ4n) is 3.34. The van der Waals surface area contributed by atoms with Crippen molar-refractivity contribution in [2.45, 2.75) is 62.1 Å². The van der Waals surface area contributed by atoms with Crippen LogP contribution in [0.4, 0.5) is 0 Å². The van der Waals surface area contributed by atoms with Crippen molar-refractivity contribution < 1.29 is 39.4 Å². The van der Waals surface area contributed by atoms with Crippen molar-refractivity contribution in [3.63, 3.8) is 0 Å². The largest absolute Gasteiger partial charge is 0.394 e. The molecule has 2 heterocycles. The van der Waals surface area contributed by atoms with Gasteiger partial charge in [-0.2, -0.15) is 0 Å². The van der Waals surface area contributed by atoms with E-state index >= 15 is 0 Å². The standard InChI is InChI=1S/C15H30N2O8/c1-6-7(4-18)23-15(10(17-2)11(6)20)25-13-8(5-19)24-14(22-3)9(16)12(13)21/h6-15,17-21H,4-5,16H2,1-3H3/t6-,7?,8?,9?,10?,11+,12?,13-,14-,15+/m1/s1. The Morgan fingerprint density at radius 1 is 1.04 bits per heavy atom. The number of rotatable bonds is 6. The van der Waals surface area contributed by atoms with Crippen LogP contribution in [0, 0.1) is 5.92 Å². The lowest BCUT2D eigenvalue weighted by Crippen LogP contribution is -2.66. The van der Waals surface area contributed by atoms with Gasteiger partial charge in [-0.25, -0.2) is 0 Å². The molecule has 0 bridgehead atoms. The van der Waals surface area contributed by atoms with E-state index in [2.05, 4.69) is 5.32 Å². The Kier molecular flexibility index (Phi) is 7.52. The van der Waals surface area contributed by atoms with Crippen molar-refractivity contribution in [2.75, 3.05) is 27.4 Å². The van der Waals surface area contributed by atoms with Gasteiger partial charge in [-0.1, -0.05) is 6.92 Å². The molecule has 25 heavy (non-hydrogen) atoms. The lowest BCUT2D eigenvalue weighted by atomic mass is 9.89. The number of aliphatic hydroxyl groups is 4. The number of nitrogens with two attached hydrogens (primary N) is 1. The molecule has 0 radical (unpaired) electrons. The molecule has 10 atom stereocenters.